The molecule has 0 fully saturated rings. The topological polar surface area (TPSA) is 37.6 Å². The Morgan fingerprint density at radius 1 is 0.966 bits per heavy atom. The van der Waals surface area contributed by atoms with E-state index < -0.39 is 0 Å². The highest BCUT2D eigenvalue weighted by Gasteiger charge is 2.20. The summed E-state index contributed by atoms with van der Waals surface area (Å²) in [5.41, 5.74) is 7.14. The van der Waals surface area contributed by atoms with Gasteiger partial charge in [0.05, 0.1) is 0 Å². The van der Waals surface area contributed by atoms with Gasteiger partial charge in [0.15, 0.2) is 5.78 Å². The number of carbonyl (C=O) groups is 1. The van der Waals surface area contributed by atoms with Crippen LogP contribution in [-0.2, 0) is 0 Å². The normalized spacial score (nSPS) is 10.6. The number of hydrogen-bond acceptors (Lipinski definition) is 3. The zero-order valence-corrected chi connectivity index (χ0v) is 18.5. The van der Waals surface area contributed by atoms with Gasteiger partial charge in [0.25, 0.3) is 0 Å². The molecule has 4 heteroatoms. The fourth-order valence-corrected chi connectivity index (χ4v) is 3.42. The molecule has 29 heavy (non-hydrogen) atoms. The van der Waals surface area contributed by atoms with Crippen LogP contribution in [0.1, 0.15) is 39.8 Å². The van der Waals surface area contributed by atoms with Crippen LogP contribution in [0.3, 0.4) is 0 Å². The molecular weight excluding hydrogens is 358 g/mol. The van der Waals surface area contributed by atoms with Gasteiger partial charge >= 0.3 is 0 Å². The number of anilines is 1. The van der Waals surface area contributed by atoms with Crippen LogP contribution >= 0.6 is 0 Å². The summed E-state index contributed by atoms with van der Waals surface area (Å²) < 4.78 is 2.13. The fourth-order valence-electron chi connectivity index (χ4n) is 3.42. The van der Waals surface area contributed by atoms with Crippen molar-refractivity contribution in [2.75, 3.05) is 26.0 Å². The maximum atomic E-state index is 12.1. The molecule has 1 heterocycles. The molecular formula is C25H31N3O. The van der Waals surface area contributed by atoms with E-state index in [4.69, 9.17) is 0 Å². The zero-order valence-electron chi connectivity index (χ0n) is 18.5. The van der Waals surface area contributed by atoms with Gasteiger partial charge < -0.3 is 9.47 Å². The lowest BCUT2D eigenvalue weighted by atomic mass is 10.1. The number of rotatable bonds is 4. The third kappa shape index (κ3) is 5.23. The molecule has 0 saturated heterocycles. The first kappa shape index (κ1) is 22.2. The molecule has 2 aromatic carbocycles. The minimum Gasteiger partial charge on any atom is -0.378 e. The quantitative estimate of drug-likeness (QED) is 0.442. The summed E-state index contributed by atoms with van der Waals surface area (Å²) in [5, 5.41) is 0. The first-order chi connectivity index (χ1) is 13.8. The van der Waals surface area contributed by atoms with Gasteiger partial charge in [-0.1, -0.05) is 42.0 Å². The number of aliphatic imine (C=N–C) groups is 1. The summed E-state index contributed by atoms with van der Waals surface area (Å²) in [6.45, 7) is 7.70. The Morgan fingerprint density at radius 3 is 2.10 bits per heavy atom. The van der Waals surface area contributed by atoms with Crippen molar-refractivity contribution in [3.8, 4) is 5.69 Å². The summed E-state index contributed by atoms with van der Waals surface area (Å²) in [5.74, 6) is 0.0676. The summed E-state index contributed by atoms with van der Waals surface area (Å²) in [6, 6.07) is 18.5. The Hall–Kier alpha value is -3.14. The van der Waals surface area contributed by atoms with Crippen molar-refractivity contribution in [2.24, 2.45) is 4.99 Å². The molecule has 3 rings (SSSR count). The molecule has 0 aliphatic carbocycles. The Morgan fingerprint density at radius 2 is 1.62 bits per heavy atom. The van der Waals surface area contributed by atoms with Crippen LogP contribution < -0.4 is 4.90 Å². The molecule has 0 atom stereocenters. The van der Waals surface area contributed by atoms with Gasteiger partial charge in [-0.25, -0.2) is 0 Å². The monoisotopic (exact) mass is 389 g/mol. The van der Waals surface area contributed by atoms with E-state index in [1.165, 1.54) is 5.56 Å². The van der Waals surface area contributed by atoms with E-state index in [1.807, 2.05) is 52.2 Å². The molecule has 0 spiro atoms. The number of aromatic nitrogens is 1. The van der Waals surface area contributed by atoms with E-state index in [1.54, 1.807) is 20.2 Å². The highest BCUT2D eigenvalue weighted by Crippen LogP contribution is 2.27. The molecule has 1 aromatic heterocycles. The third-order valence-electron chi connectivity index (χ3n) is 4.85. The second kappa shape index (κ2) is 9.87. The van der Waals surface area contributed by atoms with Gasteiger partial charge in [-0.15, -0.1) is 0 Å². The number of hydrogen-bond donors (Lipinski definition) is 0. The van der Waals surface area contributed by atoms with Crippen LogP contribution in [0, 0.1) is 20.8 Å². The maximum Gasteiger partial charge on any atom is 0.162 e. The first-order valence-corrected chi connectivity index (χ1v) is 9.72. The number of aryl methyl sites for hydroxylation is 1. The fraction of sp³-hybridized carbons (Fsp3) is 0.280. The van der Waals surface area contributed by atoms with Crippen molar-refractivity contribution in [3.05, 3.63) is 82.7 Å². The Balaban J connectivity index is 0.000000360. The van der Waals surface area contributed by atoms with Gasteiger partial charge in [0.1, 0.15) is 0 Å². The highest BCUT2D eigenvalue weighted by atomic mass is 16.1. The maximum absolute atomic E-state index is 12.1. The minimum absolute atomic E-state index is 0.0676. The van der Waals surface area contributed by atoms with Gasteiger partial charge in [-0.2, -0.15) is 0 Å². The van der Waals surface area contributed by atoms with E-state index >= 15 is 0 Å². The van der Waals surface area contributed by atoms with Crippen LogP contribution in [0.5, 0.6) is 0 Å². The van der Waals surface area contributed by atoms with Crippen LogP contribution in [0.4, 0.5) is 5.69 Å². The summed E-state index contributed by atoms with van der Waals surface area (Å²) in [4.78, 5) is 18.2. The standard InChI is InChI=1S/C18H23N3O.C7H8/c1-12-17(11-19-4)18(14(3)22)13(2)21(12)16-9-7-8-15(10-16)20(5)6;1-7-5-3-2-4-6-7/h7-11H,1-6H3;2-6H,1H3. The van der Waals surface area contributed by atoms with Crippen molar-refractivity contribution in [1.29, 1.82) is 0 Å². The Labute approximate surface area is 174 Å². The van der Waals surface area contributed by atoms with Crippen molar-refractivity contribution < 1.29 is 4.79 Å². The second-order valence-corrected chi connectivity index (χ2v) is 7.31. The van der Waals surface area contributed by atoms with Gasteiger partial charge in [0.2, 0.25) is 0 Å². The van der Waals surface area contributed by atoms with Crippen molar-refractivity contribution in [3.63, 3.8) is 0 Å². The lowest BCUT2D eigenvalue weighted by molar-refractivity contribution is 0.101. The molecule has 0 bridgehead atoms. The van der Waals surface area contributed by atoms with Crippen molar-refractivity contribution in [2.45, 2.75) is 27.7 Å². The largest absolute Gasteiger partial charge is 0.378 e. The summed E-state index contributed by atoms with van der Waals surface area (Å²) >= 11 is 0. The lowest BCUT2D eigenvalue weighted by Gasteiger charge is -2.16. The van der Waals surface area contributed by atoms with E-state index in [0.29, 0.717) is 0 Å². The van der Waals surface area contributed by atoms with E-state index in [-0.39, 0.29) is 5.78 Å². The van der Waals surface area contributed by atoms with Crippen molar-refractivity contribution in [1.82, 2.24) is 4.57 Å². The molecule has 152 valence electrons. The van der Waals surface area contributed by atoms with Crippen molar-refractivity contribution >= 4 is 17.7 Å². The molecule has 0 radical (unpaired) electrons. The molecule has 3 aromatic rings. The molecule has 0 aliphatic rings. The summed E-state index contributed by atoms with van der Waals surface area (Å²) in [6.07, 6.45) is 1.77. The van der Waals surface area contributed by atoms with Crippen LogP contribution in [0.2, 0.25) is 0 Å². The van der Waals surface area contributed by atoms with Gasteiger partial charge in [0, 0.05) is 61.2 Å². The van der Waals surface area contributed by atoms with Crippen LogP contribution in [-0.4, -0.2) is 37.7 Å². The molecule has 0 unspecified atom stereocenters. The first-order valence-electron chi connectivity index (χ1n) is 9.72. The molecule has 0 amide bonds. The molecule has 0 saturated carbocycles. The molecule has 4 nitrogen and oxygen atoms in total. The number of nitrogens with zero attached hydrogens (tertiary/aromatic N) is 3. The molecule has 0 aliphatic heterocycles. The zero-order chi connectivity index (χ0) is 21.6. The van der Waals surface area contributed by atoms with Crippen LogP contribution in [0.25, 0.3) is 5.69 Å². The van der Waals surface area contributed by atoms with E-state index in [2.05, 4.69) is 51.7 Å². The predicted molar refractivity (Wildman–Crippen MR) is 124 cm³/mol. The number of carbonyl (C=O) groups excluding carboxylic acids is 1. The highest BCUT2D eigenvalue weighted by molar-refractivity contribution is 6.04. The van der Waals surface area contributed by atoms with Crippen LogP contribution in [0.15, 0.2) is 59.6 Å². The number of benzene rings is 2. The lowest BCUT2D eigenvalue weighted by Crippen LogP contribution is -2.09. The third-order valence-corrected chi connectivity index (χ3v) is 4.85. The minimum atomic E-state index is 0.0676. The Bertz CT molecular complexity index is 998. The average Bonchev–Trinajstić information content (AvgIpc) is 2.93. The number of ketones is 1. The molecule has 0 N–H and O–H groups in total. The Kier molecular flexibility index (Phi) is 7.54. The smallest absolute Gasteiger partial charge is 0.162 e. The second-order valence-electron chi connectivity index (χ2n) is 7.31. The summed E-state index contributed by atoms with van der Waals surface area (Å²) in [7, 11) is 5.76. The predicted octanol–water partition coefficient (Wildman–Crippen LogP) is 5.41. The SMILES string of the molecule is CN=Cc1c(C(C)=O)c(C)n(-c2cccc(N(C)C)c2)c1C.Cc1ccccc1. The van der Waals surface area contributed by atoms with E-state index in [9.17, 15) is 4.79 Å². The number of Topliss-reactive ketones (excluding diaryl/α,β-unsaturated/α-hetero) is 1. The van der Waals surface area contributed by atoms with E-state index in [0.717, 1.165) is 33.9 Å². The van der Waals surface area contributed by atoms with Gasteiger partial charge in [-0.05, 0) is 45.9 Å². The van der Waals surface area contributed by atoms with Gasteiger partial charge in [-0.3, -0.25) is 9.79 Å². The average molecular weight is 390 g/mol.